The van der Waals surface area contributed by atoms with Crippen molar-refractivity contribution >= 4 is 17.8 Å². The summed E-state index contributed by atoms with van der Waals surface area (Å²) in [6, 6.07) is 14.0. The zero-order valence-electron chi connectivity index (χ0n) is 13.0. The lowest BCUT2D eigenvalue weighted by Crippen LogP contribution is -1.97. The van der Waals surface area contributed by atoms with Crippen LogP contribution in [-0.4, -0.2) is 5.97 Å². The molecule has 0 spiro atoms. The molecule has 0 unspecified atom stereocenters. The summed E-state index contributed by atoms with van der Waals surface area (Å²) in [4.78, 5) is 12.0. The van der Waals surface area contributed by atoms with E-state index in [0.717, 1.165) is 11.1 Å². The molecule has 1 aliphatic heterocycles. The fraction of sp³-hybridized carbons (Fsp3) is 0.150. The second-order valence-corrected chi connectivity index (χ2v) is 5.83. The SMILES string of the molecule is CC(C)c1ccc(C2=CC(=Cc3ccc(F)cc3)C(=O)O2)cc1. The first-order chi connectivity index (χ1) is 11.0. The van der Waals surface area contributed by atoms with Crippen molar-refractivity contribution in [3.63, 3.8) is 0 Å². The van der Waals surface area contributed by atoms with Crippen molar-refractivity contribution in [1.29, 1.82) is 0 Å². The van der Waals surface area contributed by atoms with Crippen LogP contribution in [0.15, 0.2) is 60.2 Å². The topological polar surface area (TPSA) is 26.3 Å². The highest BCUT2D eigenvalue weighted by Gasteiger charge is 2.21. The fourth-order valence-electron chi connectivity index (χ4n) is 2.40. The van der Waals surface area contributed by atoms with Gasteiger partial charge >= 0.3 is 5.97 Å². The number of rotatable bonds is 3. The second-order valence-electron chi connectivity index (χ2n) is 5.83. The Bertz CT molecular complexity index is 781. The van der Waals surface area contributed by atoms with Crippen molar-refractivity contribution in [2.24, 2.45) is 0 Å². The Hall–Kier alpha value is -2.68. The molecule has 0 aromatic heterocycles. The molecule has 23 heavy (non-hydrogen) atoms. The molecule has 0 bridgehead atoms. The van der Waals surface area contributed by atoms with E-state index < -0.39 is 5.97 Å². The Morgan fingerprint density at radius 2 is 1.65 bits per heavy atom. The lowest BCUT2D eigenvalue weighted by atomic mass is 10.0. The molecule has 1 aliphatic rings. The molecule has 2 aromatic rings. The molecule has 2 nitrogen and oxygen atoms in total. The molecule has 116 valence electrons. The van der Waals surface area contributed by atoms with Gasteiger partial charge < -0.3 is 4.74 Å². The molecule has 0 amide bonds. The summed E-state index contributed by atoms with van der Waals surface area (Å²) < 4.78 is 18.3. The van der Waals surface area contributed by atoms with Crippen LogP contribution in [0.5, 0.6) is 0 Å². The van der Waals surface area contributed by atoms with Crippen LogP contribution in [0, 0.1) is 5.82 Å². The van der Waals surface area contributed by atoms with Gasteiger partial charge in [0, 0.05) is 5.56 Å². The van der Waals surface area contributed by atoms with E-state index in [-0.39, 0.29) is 5.82 Å². The number of cyclic esters (lactones) is 1. The van der Waals surface area contributed by atoms with E-state index in [0.29, 0.717) is 17.3 Å². The van der Waals surface area contributed by atoms with Gasteiger partial charge in [-0.1, -0.05) is 50.2 Å². The zero-order chi connectivity index (χ0) is 16.4. The predicted molar refractivity (Wildman–Crippen MR) is 89.0 cm³/mol. The van der Waals surface area contributed by atoms with E-state index >= 15 is 0 Å². The summed E-state index contributed by atoms with van der Waals surface area (Å²) in [5, 5.41) is 0. The predicted octanol–water partition coefficient (Wildman–Crippen LogP) is 4.93. The lowest BCUT2D eigenvalue weighted by Gasteiger charge is -2.06. The van der Waals surface area contributed by atoms with Gasteiger partial charge in [-0.05, 0) is 41.3 Å². The molecule has 3 rings (SSSR count). The number of benzene rings is 2. The van der Waals surface area contributed by atoms with Crippen LogP contribution < -0.4 is 0 Å². The van der Waals surface area contributed by atoms with Crippen molar-refractivity contribution in [3.8, 4) is 0 Å². The number of hydrogen-bond donors (Lipinski definition) is 0. The standard InChI is InChI=1S/C20H17FO2/c1-13(2)15-5-7-16(8-6-15)19-12-17(20(22)23-19)11-14-3-9-18(21)10-4-14/h3-13H,1-2H3. The molecule has 0 saturated carbocycles. The number of carbonyl (C=O) groups is 1. The highest BCUT2D eigenvalue weighted by molar-refractivity contribution is 6.05. The number of halogens is 1. The van der Waals surface area contributed by atoms with E-state index in [1.54, 1.807) is 24.3 Å². The second kappa shape index (κ2) is 6.21. The normalized spacial score (nSPS) is 15.9. The summed E-state index contributed by atoms with van der Waals surface area (Å²) in [5.74, 6) is 0.302. The van der Waals surface area contributed by atoms with E-state index in [1.807, 2.05) is 24.3 Å². The molecule has 1 heterocycles. The first-order valence-electron chi connectivity index (χ1n) is 7.54. The van der Waals surface area contributed by atoms with Crippen molar-refractivity contribution in [1.82, 2.24) is 0 Å². The van der Waals surface area contributed by atoms with Gasteiger partial charge in [0.15, 0.2) is 0 Å². The summed E-state index contributed by atoms with van der Waals surface area (Å²) in [6.45, 7) is 4.26. The van der Waals surface area contributed by atoms with Crippen LogP contribution >= 0.6 is 0 Å². The average molecular weight is 308 g/mol. The third kappa shape index (κ3) is 3.39. The maximum absolute atomic E-state index is 12.9. The molecule has 2 aromatic carbocycles. The molecular formula is C20H17FO2. The molecule has 0 atom stereocenters. The van der Waals surface area contributed by atoms with Crippen LogP contribution in [0.4, 0.5) is 4.39 Å². The minimum Gasteiger partial charge on any atom is -0.422 e. The molecule has 0 saturated heterocycles. The quantitative estimate of drug-likeness (QED) is 0.593. The van der Waals surface area contributed by atoms with E-state index in [9.17, 15) is 9.18 Å². The van der Waals surface area contributed by atoms with Crippen LogP contribution in [-0.2, 0) is 9.53 Å². The van der Waals surface area contributed by atoms with Crippen molar-refractivity contribution in [2.75, 3.05) is 0 Å². The van der Waals surface area contributed by atoms with E-state index in [1.165, 1.54) is 17.7 Å². The van der Waals surface area contributed by atoms with E-state index in [2.05, 4.69) is 13.8 Å². The van der Waals surface area contributed by atoms with Crippen LogP contribution in [0.25, 0.3) is 11.8 Å². The third-order valence-corrected chi connectivity index (χ3v) is 3.78. The van der Waals surface area contributed by atoms with Crippen molar-refractivity contribution < 1.29 is 13.9 Å². The fourth-order valence-corrected chi connectivity index (χ4v) is 2.40. The van der Waals surface area contributed by atoms with Gasteiger partial charge in [-0.3, -0.25) is 0 Å². The van der Waals surface area contributed by atoms with Gasteiger partial charge in [-0.25, -0.2) is 9.18 Å². The minimum atomic E-state index is -0.391. The Morgan fingerprint density at radius 1 is 1.00 bits per heavy atom. The lowest BCUT2D eigenvalue weighted by molar-refractivity contribution is -0.130. The summed E-state index contributed by atoms with van der Waals surface area (Å²) in [5.41, 5.74) is 3.32. The Morgan fingerprint density at radius 3 is 2.26 bits per heavy atom. The van der Waals surface area contributed by atoms with E-state index in [4.69, 9.17) is 4.74 Å². The zero-order valence-corrected chi connectivity index (χ0v) is 13.0. The molecule has 3 heteroatoms. The minimum absolute atomic E-state index is 0.303. The van der Waals surface area contributed by atoms with Crippen LogP contribution in [0.1, 0.15) is 36.5 Å². The largest absolute Gasteiger partial charge is 0.422 e. The van der Waals surface area contributed by atoms with Crippen molar-refractivity contribution in [2.45, 2.75) is 19.8 Å². The smallest absolute Gasteiger partial charge is 0.343 e. The van der Waals surface area contributed by atoms with Gasteiger partial charge in [0.2, 0.25) is 0 Å². The Labute approximate surface area is 134 Å². The summed E-state index contributed by atoms with van der Waals surface area (Å²) >= 11 is 0. The van der Waals surface area contributed by atoms with Gasteiger partial charge in [-0.15, -0.1) is 0 Å². The highest BCUT2D eigenvalue weighted by Crippen LogP contribution is 2.28. The number of esters is 1. The molecule has 0 N–H and O–H groups in total. The molecule has 0 fully saturated rings. The Balaban J connectivity index is 1.87. The van der Waals surface area contributed by atoms with Crippen LogP contribution in [0.3, 0.4) is 0 Å². The Kier molecular flexibility index (Phi) is 4.11. The molecular weight excluding hydrogens is 291 g/mol. The van der Waals surface area contributed by atoms with Gasteiger partial charge in [-0.2, -0.15) is 0 Å². The first-order valence-corrected chi connectivity index (χ1v) is 7.54. The molecule has 0 radical (unpaired) electrons. The van der Waals surface area contributed by atoms with Gasteiger partial charge in [0.25, 0.3) is 0 Å². The molecule has 0 aliphatic carbocycles. The van der Waals surface area contributed by atoms with Crippen LogP contribution in [0.2, 0.25) is 0 Å². The first kappa shape index (κ1) is 15.2. The summed E-state index contributed by atoms with van der Waals surface area (Å²) in [6.07, 6.45) is 3.41. The maximum Gasteiger partial charge on any atom is 0.343 e. The van der Waals surface area contributed by atoms with Crippen molar-refractivity contribution in [3.05, 3.63) is 82.7 Å². The monoisotopic (exact) mass is 308 g/mol. The average Bonchev–Trinajstić information content (AvgIpc) is 2.91. The van der Waals surface area contributed by atoms with Gasteiger partial charge in [0.1, 0.15) is 11.6 Å². The highest BCUT2D eigenvalue weighted by atomic mass is 19.1. The summed E-state index contributed by atoms with van der Waals surface area (Å²) in [7, 11) is 0. The van der Waals surface area contributed by atoms with Gasteiger partial charge in [0.05, 0.1) is 5.57 Å². The number of carbonyl (C=O) groups excluding carboxylic acids is 1. The number of hydrogen-bond acceptors (Lipinski definition) is 2. The maximum atomic E-state index is 12.9. The third-order valence-electron chi connectivity index (χ3n) is 3.78. The number of ether oxygens (including phenoxy) is 1.